The first-order valence-corrected chi connectivity index (χ1v) is 6.94. The van der Waals surface area contributed by atoms with Crippen molar-refractivity contribution in [3.63, 3.8) is 0 Å². The topological polar surface area (TPSA) is 29.9 Å². The van der Waals surface area contributed by atoms with Gasteiger partial charge in [0.25, 0.3) is 0 Å². The smallest absolute Gasteiger partial charge is 0.125 e. The minimum atomic E-state index is 0.437. The molecule has 96 valence electrons. The maximum atomic E-state index is 4.55. The number of nitrogens with zero attached hydrogens (tertiary/aromatic N) is 2. The first-order valence-electron chi connectivity index (χ1n) is 6.94. The zero-order chi connectivity index (χ0) is 12.3. The van der Waals surface area contributed by atoms with Gasteiger partial charge in [-0.05, 0) is 31.2 Å². The van der Waals surface area contributed by atoms with Gasteiger partial charge < -0.3 is 9.88 Å². The number of nitrogens with one attached hydrogen (secondary N) is 1. The fourth-order valence-electron chi connectivity index (χ4n) is 3.08. The maximum Gasteiger partial charge on any atom is 0.125 e. The van der Waals surface area contributed by atoms with Gasteiger partial charge in [0.1, 0.15) is 5.82 Å². The maximum absolute atomic E-state index is 4.55. The minimum Gasteiger partial charge on any atom is -0.337 e. The van der Waals surface area contributed by atoms with Gasteiger partial charge in [-0.15, -0.1) is 0 Å². The molecule has 0 saturated heterocycles. The molecule has 0 aromatic carbocycles. The van der Waals surface area contributed by atoms with E-state index in [0.29, 0.717) is 6.04 Å². The molecule has 3 nitrogen and oxygen atoms in total. The fourth-order valence-corrected chi connectivity index (χ4v) is 3.08. The van der Waals surface area contributed by atoms with Crippen molar-refractivity contribution in [3.05, 3.63) is 18.2 Å². The summed E-state index contributed by atoms with van der Waals surface area (Å²) < 4.78 is 2.17. The predicted octanol–water partition coefficient (Wildman–Crippen LogP) is 2.90. The Hall–Kier alpha value is -0.830. The van der Waals surface area contributed by atoms with Crippen molar-refractivity contribution in [2.75, 3.05) is 6.54 Å². The van der Waals surface area contributed by atoms with E-state index in [9.17, 15) is 0 Å². The highest BCUT2D eigenvalue weighted by Crippen LogP contribution is 2.39. The van der Waals surface area contributed by atoms with Crippen molar-refractivity contribution >= 4 is 0 Å². The highest BCUT2D eigenvalue weighted by Gasteiger charge is 2.33. The molecule has 1 saturated carbocycles. The summed E-state index contributed by atoms with van der Waals surface area (Å²) >= 11 is 0. The molecular formula is C14H25N3. The van der Waals surface area contributed by atoms with E-state index >= 15 is 0 Å². The molecular weight excluding hydrogens is 210 g/mol. The average Bonchev–Trinajstić information content (AvgIpc) is 2.90. The molecule has 0 amide bonds. The van der Waals surface area contributed by atoms with Gasteiger partial charge in [0, 0.05) is 19.4 Å². The zero-order valence-electron chi connectivity index (χ0n) is 11.3. The SMILES string of the molecule is CCCNC(c1nccn1C)C1CCCC1C. The molecule has 1 fully saturated rings. The largest absolute Gasteiger partial charge is 0.337 e. The summed E-state index contributed by atoms with van der Waals surface area (Å²) in [5.41, 5.74) is 0. The van der Waals surface area contributed by atoms with E-state index in [0.717, 1.165) is 18.4 Å². The van der Waals surface area contributed by atoms with Gasteiger partial charge in [-0.2, -0.15) is 0 Å². The van der Waals surface area contributed by atoms with Crippen LogP contribution in [-0.4, -0.2) is 16.1 Å². The van der Waals surface area contributed by atoms with Crippen molar-refractivity contribution in [2.45, 2.75) is 45.6 Å². The van der Waals surface area contributed by atoms with Crippen LogP contribution in [0.5, 0.6) is 0 Å². The molecule has 2 rings (SSSR count). The van der Waals surface area contributed by atoms with E-state index in [4.69, 9.17) is 0 Å². The Morgan fingerprint density at radius 2 is 2.35 bits per heavy atom. The lowest BCUT2D eigenvalue weighted by molar-refractivity contribution is 0.287. The van der Waals surface area contributed by atoms with E-state index in [1.807, 2.05) is 6.20 Å². The summed E-state index contributed by atoms with van der Waals surface area (Å²) in [5, 5.41) is 3.70. The Morgan fingerprint density at radius 3 is 2.88 bits per heavy atom. The average molecular weight is 235 g/mol. The Labute approximate surface area is 105 Å². The predicted molar refractivity (Wildman–Crippen MR) is 70.7 cm³/mol. The second-order valence-electron chi connectivity index (χ2n) is 5.40. The van der Waals surface area contributed by atoms with Crippen LogP contribution in [0.2, 0.25) is 0 Å². The van der Waals surface area contributed by atoms with Crippen LogP contribution in [0.25, 0.3) is 0 Å². The van der Waals surface area contributed by atoms with Crippen molar-refractivity contribution < 1.29 is 0 Å². The third-order valence-electron chi connectivity index (χ3n) is 4.11. The van der Waals surface area contributed by atoms with Crippen molar-refractivity contribution in [1.29, 1.82) is 0 Å². The highest BCUT2D eigenvalue weighted by molar-refractivity contribution is 5.03. The lowest BCUT2D eigenvalue weighted by Gasteiger charge is -2.27. The van der Waals surface area contributed by atoms with Crippen LogP contribution < -0.4 is 5.32 Å². The van der Waals surface area contributed by atoms with Gasteiger partial charge in [0.15, 0.2) is 0 Å². The van der Waals surface area contributed by atoms with E-state index in [1.54, 1.807) is 0 Å². The number of rotatable bonds is 5. The van der Waals surface area contributed by atoms with Gasteiger partial charge in [0.05, 0.1) is 6.04 Å². The quantitative estimate of drug-likeness (QED) is 0.850. The Morgan fingerprint density at radius 1 is 1.53 bits per heavy atom. The summed E-state index contributed by atoms with van der Waals surface area (Å²) in [6.07, 6.45) is 9.24. The minimum absolute atomic E-state index is 0.437. The van der Waals surface area contributed by atoms with Gasteiger partial charge in [-0.25, -0.2) is 4.98 Å². The van der Waals surface area contributed by atoms with Crippen LogP contribution in [0, 0.1) is 11.8 Å². The summed E-state index contributed by atoms with van der Waals surface area (Å²) in [6.45, 7) is 5.70. The van der Waals surface area contributed by atoms with Crippen molar-refractivity contribution in [1.82, 2.24) is 14.9 Å². The normalized spacial score (nSPS) is 26.3. The zero-order valence-corrected chi connectivity index (χ0v) is 11.3. The molecule has 0 aliphatic heterocycles. The van der Waals surface area contributed by atoms with Gasteiger partial charge >= 0.3 is 0 Å². The van der Waals surface area contributed by atoms with Gasteiger partial charge in [-0.1, -0.05) is 26.7 Å². The lowest BCUT2D eigenvalue weighted by Crippen LogP contribution is -2.32. The van der Waals surface area contributed by atoms with Crippen LogP contribution in [0.1, 0.15) is 51.4 Å². The van der Waals surface area contributed by atoms with Gasteiger partial charge in [-0.3, -0.25) is 0 Å². The van der Waals surface area contributed by atoms with Crippen LogP contribution >= 0.6 is 0 Å². The Bertz CT molecular complexity index is 345. The number of hydrogen-bond donors (Lipinski definition) is 1. The summed E-state index contributed by atoms with van der Waals surface area (Å²) in [5.74, 6) is 2.78. The van der Waals surface area contributed by atoms with E-state index < -0.39 is 0 Å². The van der Waals surface area contributed by atoms with E-state index in [2.05, 4.69) is 42.0 Å². The number of imidazole rings is 1. The molecule has 1 N–H and O–H groups in total. The molecule has 1 aromatic heterocycles. The van der Waals surface area contributed by atoms with Crippen molar-refractivity contribution in [2.24, 2.45) is 18.9 Å². The molecule has 3 unspecified atom stereocenters. The second-order valence-corrected chi connectivity index (χ2v) is 5.40. The van der Waals surface area contributed by atoms with Crippen LogP contribution in [-0.2, 0) is 7.05 Å². The van der Waals surface area contributed by atoms with E-state index in [-0.39, 0.29) is 0 Å². The summed E-state index contributed by atoms with van der Waals surface area (Å²) in [7, 11) is 2.10. The number of hydrogen-bond acceptors (Lipinski definition) is 2. The van der Waals surface area contributed by atoms with Crippen molar-refractivity contribution in [3.8, 4) is 0 Å². The molecule has 1 aromatic rings. The Kier molecular flexibility index (Phi) is 4.21. The Balaban J connectivity index is 2.15. The molecule has 3 atom stereocenters. The first kappa shape index (κ1) is 12.6. The van der Waals surface area contributed by atoms with Crippen LogP contribution in [0.4, 0.5) is 0 Å². The van der Waals surface area contributed by atoms with Crippen LogP contribution in [0.3, 0.4) is 0 Å². The summed E-state index contributed by atoms with van der Waals surface area (Å²) in [4.78, 5) is 4.55. The van der Waals surface area contributed by atoms with Crippen LogP contribution in [0.15, 0.2) is 12.4 Å². The third kappa shape index (κ3) is 2.71. The summed E-state index contributed by atoms with van der Waals surface area (Å²) in [6, 6.07) is 0.437. The monoisotopic (exact) mass is 235 g/mol. The molecule has 1 aliphatic carbocycles. The highest BCUT2D eigenvalue weighted by atomic mass is 15.1. The lowest BCUT2D eigenvalue weighted by atomic mass is 9.89. The molecule has 0 radical (unpaired) electrons. The third-order valence-corrected chi connectivity index (χ3v) is 4.11. The molecule has 1 aliphatic rings. The standard InChI is InChI=1S/C14H25N3/c1-4-8-15-13(12-7-5-6-11(12)2)14-16-9-10-17(14)3/h9-13,15H,4-8H2,1-3H3. The molecule has 17 heavy (non-hydrogen) atoms. The first-order chi connectivity index (χ1) is 8.24. The van der Waals surface area contributed by atoms with E-state index in [1.165, 1.54) is 31.5 Å². The van der Waals surface area contributed by atoms with Gasteiger partial charge in [0.2, 0.25) is 0 Å². The number of aromatic nitrogens is 2. The second kappa shape index (κ2) is 5.67. The molecule has 1 heterocycles. The molecule has 3 heteroatoms. The number of aryl methyl sites for hydroxylation is 1. The molecule has 0 spiro atoms. The molecule has 0 bridgehead atoms. The fraction of sp³-hybridized carbons (Fsp3) is 0.786.